The highest BCUT2D eigenvalue weighted by molar-refractivity contribution is 7.89. The molecule has 1 aromatic rings. The number of sulfonamides is 1. The highest BCUT2D eigenvalue weighted by Gasteiger charge is 2.22. The molecule has 0 fully saturated rings. The van der Waals surface area contributed by atoms with Crippen molar-refractivity contribution in [3.8, 4) is 0 Å². The van der Waals surface area contributed by atoms with Crippen molar-refractivity contribution in [1.29, 1.82) is 0 Å². The first-order valence-electron chi connectivity index (χ1n) is 5.25. The molecular formula is C11H15NO5S. The van der Waals surface area contributed by atoms with E-state index in [1.165, 1.54) is 32.0 Å². The lowest BCUT2D eigenvalue weighted by molar-refractivity contribution is 0.0696. The van der Waals surface area contributed by atoms with Crippen molar-refractivity contribution in [3.63, 3.8) is 0 Å². The van der Waals surface area contributed by atoms with E-state index in [9.17, 15) is 13.2 Å². The predicted molar refractivity (Wildman–Crippen MR) is 65.0 cm³/mol. The number of aliphatic hydroxyl groups is 1. The van der Waals surface area contributed by atoms with Gasteiger partial charge in [0, 0.05) is 6.04 Å². The van der Waals surface area contributed by atoms with E-state index in [2.05, 4.69) is 4.72 Å². The fourth-order valence-corrected chi connectivity index (χ4v) is 3.00. The highest BCUT2D eigenvalue weighted by atomic mass is 32.2. The number of carboxylic acids is 1. The van der Waals surface area contributed by atoms with Crippen LogP contribution in [-0.2, 0) is 10.0 Å². The second kappa shape index (κ2) is 5.47. The normalized spacial score (nSPS) is 13.3. The summed E-state index contributed by atoms with van der Waals surface area (Å²) in [7, 11) is -3.83. The molecule has 1 aromatic carbocycles. The maximum absolute atomic E-state index is 12.0. The Balaban J connectivity index is 3.26. The number of rotatable bonds is 5. The van der Waals surface area contributed by atoms with Gasteiger partial charge < -0.3 is 10.2 Å². The molecule has 18 heavy (non-hydrogen) atoms. The molecule has 0 saturated carbocycles. The van der Waals surface area contributed by atoms with Crippen molar-refractivity contribution in [1.82, 2.24) is 4.72 Å². The summed E-state index contributed by atoms with van der Waals surface area (Å²) >= 11 is 0. The van der Waals surface area contributed by atoms with Gasteiger partial charge in [0.2, 0.25) is 10.0 Å². The molecule has 0 radical (unpaired) electrons. The van der Waals surface area contributed by atoms with Gasteiger partial charge in [0.1, 0.15) is 0 Å². The van der Waals surface area contributed by atoms with Crippen LogP contribution in [0, 0.1) is 6.92 Å². The quantitative estimate of drug-likeness (QED) is 0.718. The second-order valence-electron chi connectivity index (χ2n) is 3.94. The van der Waals surface area contributed by atoms with Crippen LogP contribution in [0.4, 0.5) is 0 Å². The smallest absolute Gasteiger partial charge is 0.335 e. The lowest BCUT2D eigenvalue weighted by Gasteiger charge is -2.14. The average Bonchev–Trinajstić information content (AvgIpc) is 2.27. The van der Waals surface area contributed by atoms with Gasteiger partial charge >= 0.3 is 5.97 Å². The standard InChI is InChI=1S/C11H15NO5S/c1-7(6-13)12-18(16,17)10-5-3-4-9(8(10)2)11(14)15/h3-5,7,12-13H,6H2,1-2H3,(H,14,15)/t7-/m1/s1. The fraction of sp³-hybridized carbons (Fsp3) is 0.364. The maximum Gasteiger partial charge on any atom is 0.335 e. The number of hydrogen-bond acceptors (Lipinski definition) is 4. The van der Waals surface area contributed by atoms with Gasteiger partial charge in [0.05, 0.1) is 17.1 Å². The number of aliphatic hydroxyl groups excluding tert-OH is 1. The van der Waals surface area contributed by atoms with E-state index in [4.69, 9.17) is 10.2 Å². The molecule has 0 spiro atoms. The first kappa shape index (κ1) is 14.6. The monoisotopic (exact) mass is 273 g/mol. The first-order valence-corrected chi connectivity index (χ1v) is 6.74. The first-order chi connectivity index (χ1) is 8.29. The number of carbonyl (C=O) groups is 1. The lowest BCUT2D eigenvalue weighted by atomic mass is 10.1. The molecule has 1 atom stereocenters. The van der Waals surface area contributed by atoms with E-state index in [0.29, 0.717) is 0 Å². The number of nitrogens with one attached hydrogen (secondary N) is 1. The number of carboxylic acid groups (broad SMARTS) is 1. The Morgan fingerprint density at radius 2 is 2.06 bits per heavy atom. The van der Waals surface area contributed by atoms with Crippen molar-refractivity contribution in [2.24, 2.45) is 0 Å². The SMILES string of the molecule is Cc1c(C(=O)O)cccc1S(=O)(=O)N[C@H](C)CO. The van der Waals surface area contributed by atoms with E-state index >= 15 is 0 Å². The predicted octanol–water partition coefficient (Wildman–Crippen LogP) is 0.352. The molecule has 1 rings (SSSR count). The zero-order valence-electron chi connectivity index (χ0n) is 10.0. The Kier molecular flexibility index (Phi) is 4.44. The summed E-state index contributed by atoms with van der Waals surface area (Å²) in [6.45, 7) is 2.60. The van der Waals surface area contributed by atoms with Crippen LogP contribution in [0.5, 0.6) is 0 Å². The molecular weight excluding hydrogens is 258 g/mol. The van der Waals surface area contributed by atoms with Crippen LogP contribution in [0.2, 0.25) is 0 Å². The Bertz CT molecular complexity index is 553. The molecule has 0 heterocycles. The average molecular weight is 273 g/mol. The largest absolute Gasteiger partial charge is 0.478 e. The van der Waals surface area contributed by atoms with Crippen LogP contribution in [0.3, 0.4) is 0 Å². The summed E-state index contributed by atoms with van der Waals surface area (Å²) in [5, 5.41) is 17.8. The summed E-state index contributed by atoms with van der Waals surface area (Å²) in [6, 6.07) is 3.40. The third-order valence-electron chi connectivity index (χ3n) is 2.43. The molecule has 0 aliphatic rings. The minimum atomic E-state index is -3.83. The van der Waals surface area contributed by atoms with Crippen molar-refractivity contribution in [2.75, 3.05) is 6.61 Å². The molecule has 0 amide bonds. The minimum absolute atomic E-state index is 0.0606. The Morgan fingerprint density at radius 3 is 2.56 bits per heavy atom. The van der Waals surface area contributed by atoms with E-state index in [-0.39, 0.29) is 22.6 Å². The van der Waals surface area contributed by atoms with Gasteiger partial charge in [-0.2, -0.15) is 0 Å². The molecule has 0 unspecified atom stereocenters. The van der Waals surface area contributed by atoms with Crippen LogP contribution in [0.15, 0.2) is 23.1 Å². The molecule has 6 nitrogen and oxygen atoms in total. The zero-order chi connectivity index (χ0) is 13.9. The van der Waals surface area contributed by atoms with Crippen LogP contribution in [0.1, 0.15) is 22.8 Å². The van der Waals surface area contributed by atoms with E-state index < -0.39 is 22.0 Å². The summed E-state index contributed by atoms with van der Waals surface area (Å²) in [4.78, 5) is 10.8. The second-order valence-corrected chi connectivity index (χ2v) is 5.62. The third-order valence-corrected chi connectivity index (χ3v) is 4.17. The van der Waals surface area contributed by atoms with E-state index in [0.717, 1.165) is 0 Å². The maximum atomic E-state index is 12.0. The van der Waals surface area contributed by atoms with E-state index in [1.807, 2.05) is 0 Å². The van der Waals surface area contributed by atoms with Crippen molar-refractivity contribution < 1.29 is 23.4 Å². The topological polar surface area (TPSA) is 104 Å². The van der Waals surface area contributed by atoms with Gasteiger partial charge in [0.15, 0.2) is 0 Å². The van der Waals surface area contributed by atoms with Gasteiger partial charge in [-0.15, -0.1) is 0 Å². The molecule has 7 heteroatoms. The fourth-order valence-electron chi connectivity index (χ4n) is 1.50. The third kappa shape index (κ3) is 3.06. The number of benzene rings is 1. The Hall–Kier alpha value is -1.44. The summed E-state index contributed by atoms with van der Waals surface area (Å²) < 4.78 is 26.2. The molecule has 0 saturated heterocycles. The highest BCUT2D eigenvalue weighted by Crippen LogP contribution is 2.19. The molecule has 0 aromatic heterocycles. The van der Waals surface area contributed by atoms with Crippen molar-refractivity contribution >= 4 is 16.0 Å². The molecule has 0 aliphatic heterocycles. The van der Waals surface area contributed by atoms with Crippen molar-refractivity contribution in [3.05, 3.63) is 29.3 Å². The number of hydrogen-bond donors (Lipinski definition) is 3. The van der Waals surface area contributed by atoms with Crippen LogP contribution >= 0.6 is 0 Å². The van der Waals surface area contributed by atoms with Gasteiger partial charge in [-0.25, -0.2) is 17.9 Å². The summed E-state index contributed by atoms with van der Waals surface area (Å²) in [5.41, 5.74) is 0.108. The molecule has 0 bridgehead atoms. The van der Waals surface area contributed by atoms with Gasteiger partial charge in [-0.3, -0.25) is 0 Å². The summed E-state index contributed by atoms with van der Waals surface area (Å²) in [6.07, 6.45) is 0. The number of aromatic carboxylic acids is 1. The molecule has 100 valence electrons. The van der Waals surface area contributed by atoms with Crippen LogP contribution in [-0.4, -0.2) is 37.2 Å². The van der Waals surface area contributed by atoms with Crippen molar-refractivity contribution in [2.45, 2.75) is 24.8 Å². The van der Waals surface area contributed by atoms with Crippen LogP contribution < -0.4 is 4.72 Å². The van der Waals surface area contributed by atoms with Gasteiger partial charge in [-0.1, -0.05) is 6.07 Å². The van der Waals surface area contributed by atoms with E-state index in [1.54, 1.807) is 0 Å². The Morgan fingerprint density at radius 1 is 1.44 bits per heavy atom. The van der Waals surface area contributed by atoms with Gasteiger partial charge in [0.25, 0.3) is 0 Å². The minimum Gasteiger partial charge on any atom is -0.478 e. The molecule has 3 N–H and O–H groups in total. The van der Waals surface area contributed by atoms with Gasteiger partial charge in [-0.05, 0) is 31.5 Å². The zero-order valence-corrected chi connectivity index (χ0v) is 10.9. The summed E-state index contributed by atoms with van der Waals surface area (Å²) in [5.74, 6) is -1.18. The van der Waals surface area contributed by atoms with Crippen LogP contribution in [0.25, 0.3) is 0 Å². The molecule has 0 aliphatic carbocycles. The Labute approximate surface area is 105 Å². The lowest BCUT2D eigenvalue weighted by Crippen LogP contribution is -2.35.